The lowest BCUT2D eigenvalue weighted by molar-refractivity contribution is 0.217. The maximum atomic E-state index is 2.45. The van der Waals surface area contributed by atoms with Crippen LogP contribution >= 0.6 is 0 Å². The Kier molecular flexibility index (Phi) is 2.15. The molecule has 0 radical (unpaired) electrons. The lowest BCUT2D eigenvalue weighted by Crippen LogP contribution is -2.21. The summed E-state index contributed by atoms with van der Waals surface area (Å²) >= 11 is 0. The van der Waals surface area contributed by atoms with Gasteiger partial charge in [0.15, 0.2) is 0 Å². The molecule has 80 valence electrons. The van der Waals surface area contributed by atoms with Gasteiger partial charge in [0.05, 0.1) is 0 Å². The summed E-state index contributed by atoms with van der Waals surface area (Å²) < 4.78 is 0. The third-order valence-electron chi connectivity index (χ3n) is 5.39. The predicted molar refractivity (Wildman–Crippen MR) is 60.0 cm³/mol. The average molecular weight is 192 g/mol. The van der Waals surface area contributed by atoms with Crippen LogP contribution in [0.15, 0.2) is 0 Å². The van der Waals surface area contributed by atoms with E-state index in [1.54, 1.807) is 38.5 Å². The molecule has 0 aliphatic heterocycles. The molecule has 0 spiro atoms. The first-order valence-corrected chi connectivity index (χ1v) is 6.77. The number of rotatable bonds is 1. The van der Waals surface area contributed by atoms with Crippen molar-refractivity contribution in [2.24, 2.45) is 35.5 Å². The Bertz CT molecular complexity index is 218. The van der Waals surface area contributed by atoms with Crippen molar-refractivity contribution in [3.63, 3.8) is 0 Å². The van der Waals surface area contributed by atoms with Gasteiger partial charge < -0.3 is 0 Å². The Labute approximate surface area is 88.5 Å². The minimum absolute atomic E-state index is 0.948. The molecule has 0 amide bonds. The molecule has 5 unspecified atom stereocenters. The van der Waals surface area contributed by atoms with Gasteiger partial charge >= 0.3 is 0 Å². The molecule has 0 heterocycles. The van der Waals surface area contributed by atoms with Gasteiger partial charge in [0.2, 0.25) is 0 Å². The van der Waals surface area contributed by atoms with E-state index in [9.17, 15) is 0 Å². The van der Waals surface area contributed by atoms with Crippen LogP contribution in [0.5, 0.6) is 0 Å². The highest BCUT2D eigenvalue weighted by Crippen LogP contribution is 2.60. The van der Waals surface area contributed by atoms with Crippen molar-refractivity contribution in [1.29, 1.82) is 0 Å². The molecule has 0 saturated heterocycles. The maximum Gasteiger partial charge on any atom is -0.0324 e. The van der Waals surface area contributed by atoms with Gasteiger partial charge in [-0.3, -0.25) is 0 Å². The Morgan fingerprint density at radius 3 is 2.50 bits per heavy atom. The summed E-state index contributed by atoms with van der Waals surface area (Å²) in [5, 5.41) is 0. The molecule has 0 bridgehead atoms. The standard InChI is InChI=1S/C14H24/c1-9(2)12-7-6-10-4-3-5-11-8-13(11)14(10)12/h9-14H,3-8H2,1-2H3. The smallest absolute Gasteiger partial charge is 0.0324 e. The summed E-state index contributed by atoms with van der Waals surface area (Å²) in [6, 6.07) is 0. The summed E-state index contributed by atoms with van der Waals surface area (Å²) in [5.41, 5.74) is 0. The monoisotopic (exact) mass is 192 g/mol. The van der Waals surface area contributed by atoms with Crippen LogP contribution < -0.4 is 0 Å². The van der Waals surface area contributed by atoms with Crippen LogP contribution in [0.25, 0.3) is 0 Å². The first-order chi connectivity index (χ1) is 6.77. The molecule has 0 heteroatoms. The zero-order valence-electron chi connectivity index (χ0n) is 9.71. The van der Waals surface area contributed by atoms with Gasteiger partial charge in [0, 0.05) is 0 Å². The van der Waals surface area contributed by atoms with E-state index >= 15 is 0 Å². The minimum Gasteiger partial charge on any atom is -0.0625 e. The van der Waals surface area contributed by atoms with E-state index < -0.39 is 0 Å². The molecule has 0 aromatic carbocycles. The van der Waals surface area contributed by atoms with Crippen molar-refractivity contribution in [2.75, 3.05) is 0 Å². The largest absolute Gasteiger partial charge is 0.0625 e. The van der Waals surface area contributed by atoms with Crippen molar-refractivity contribution in [3.8, 4) is 0 Å². The van der Waals surface area contributed by atoms with E-state index in [4.69, 9.17) is 0 Å². The molecule has 0 aromatic rings. The summed E-state index contributed by atoms with van der Waals surface area (Å²) in [6.07, 6.45) is 9.41. The molecule has 3 saturated carbocycles. The maximum absolute atomic E-state index is 2.45. The lowest BCUT2D eigenvalue weighted by Gasteiger charge is -2.26. The van der Waals surface area contributed by atoms with E-state index in [1.807, 2.05) is 0 Å². The van der Waals surface area contributed by atoms with Crippen molar-refractivity contribution < 1.29 is 0 Å². The van der Waals surface area contributed by atoms with Gasteiger partial charge in [-0.2, -0.15) is 0 Å². The Morgan fingerprint density at radius 2 is 1.71 bits per heavy atom. The van der Waals surface area contributed by atoms with Gasteiger partial charge in [0.1, 0.15) is 0 Å². The molecule has 3 aliphatic carbocycles. The fourth-order valence-electron chi connectivity index (χ4n) is 4.64. The first-order valence-electron chi connectivity index (χ1n) is 6.77. The van der Waals surface area contributed by atoms with Crippen molar-refractivity contribution in [2.45, 2.75) is 52.4 Å². The zero-order chi connectivity index (χ0) is 9.71. The third kappa shape index (κ3) is 1.33. The van der Waals surface area contributed by atoms with E-state index in [0.717, 1.165) is 23.7 Å². The zero-order valence-corrected chi connectivity index (χ0v) is 9.71. The number of hydrogen-bond acceptors (Lipinski definition) is 0. The van der Waals surface area contributed by atoms with Crippen molar-refractivity contribution >= 4 is 0 Å². The van der Waals surface area contributed by atoms with E-state index in [1.165, 1.54) is 11.8 Å². The summed E-state index contributed by atoms with van der Waals surface area (Å²) in [6.45, 7) is 4.91. The molecule has 0 N–H and O–H groups in total. The fraction of sp³-hybridized carbons (Fsp3) is 1.00. The van der Waals surface area contributed by atoms with Gasteiger partial charge in [-0.15, -0.1) is 0 Å². The van der Waals surface area contributed by atoms with Gasteiger partial charge in [-0.05, 0) is 54.8 Å². The van der Waals surface area contributed by atoms with Crippen LogP contribution in [-0.2, 0) is 0 Å². The molecule has 5 atom stereocenters. The molecule has 0 nitrogen and oxygen atoms in total. The molecule has 3 aliphatic rings. The highest BCUT2D eigenvalue weighted by Gasteiger charge is 2.52. The summed E-state index contributed by atoms with van der Waals surface area (Å²) in [5.74, 6) is 6.68. The van der Waals surface area contributed by atoms with Crippen molar-refractivity contribution in [1.82, 2.24) is 0 Å². The van der Waals surface area contributed by atoms with Crippen LogP contribution in [0.4, 0.5) is 0 Å². The fourth-order valence-corrected chi connectivity index (χ4v) is 4.64. The third-order valence-corrected chi connectivity index (χ3v) is 5.39. The van der Waals surface area contributed by atoms with E-state index in [-0.39, 0.29) is 0 Å². The van der Waals surface area contributed by atoms with Crippen LogP contribution in [0.3, 0.4) is 0 Å². The first kappa shape index (κ1) is 9.24. The molecular formula is C14H24. The Balaban J connectivity index is 1.79. The van der Waals surface area contributed by atoms with Gasteiger partial charge in [-0.1, -0.05) is 33.1 Å². The molecular weight excluding hydrogens is 168 g/mol. The second-order valence-electron chi connectivity index (χ2n) is 6.41. The molecule has 3 rings (SSSR count). The molecule has 14 heavy (non-hydrogen) atoms. The predicted octanol–water partition coefficient (Wildman–Crippen LogP) is 4.10. The molecule has 0 aromatic heterocycles. The van der Waals surface area contributed by atoms with E-state index in [2.05, 4.69) is 13.8 Å². The average Bonchev–Trinajstić information content (AvgIpc) is 2.80. The van der Waals surface area contributed by atoms with Gasteiger partial charge in [-0.25, -0.2) is 0 Å². The second-order valence-corrected chi connectivity index (χ2v) is 6.41. The minimum atomic E-state index is 0.948. The normalized spacial score (nSPS) is 51.2. The Morgan fingerprint density at radius 1 is 0.929 bits per heavy atom. The van der Waals surface area contributed by atoms with Crippen molar-refractivity contribution in [3.05, 3.63) is 0 Å². The second kappa shape index (κ2) is 3.25. The summed E-state index contributed by atoms with van der Waals surface area (Å²) in [7, 11) is 0. The summed E-state index contributed by atoms with van der Waals surface area (Å²) in [4.78, 5) is 0. The van der Waals surface area contributed by atoms with Crippen LogP contribution in [0.2, 0.25) is 0 Å². The molecule has 3 fully saturated rings. The Hall–Kier alpha value is 0. The topological polar surface area (TPSA) is 0 Å². The number of hydrogen-bond donors (Lipinski definition) is 0. The quantitative estimate of drug-likeness (QED) is 0.586. The van der Waals surface area contributed by atoms with Gasteiger partial charge in [0.25, 0.3) is 0 Å². The van der Waals surface area contributed by atoms with Crippen LogP contribution in [-0.4, -0.2) is 0 Å². The number of fused-ring (bicyclic) bond motifs is 3. The van der Waals surface area contributed by atoms with E-state index in [0.29, 0.717) is 0 Å². The highest BCUT2D eigenvalue weighted by atomic mass is 14.6. The SMILES string of the molecule is CC(C)C1CCC2CCCC3CC3C21. The highest BCUT2D eigenvalue weighted by molar-refractivity contribution is 5.01. The van der Waals surface area contributed by atoms with Crippen LogP contribution in [0, 0.1) is 35.5 Å². The lowest BCUT2D eigenvalue weighted by atomic mass is 9.79. The van der Waals surface area contributed by atoms with Crippen LogP contribution in [0.1, 0.15) is 52.4 Å².